The van der Waals surface area contributed by atoms with Gasteiger partial charge >= 0.3 is 0 Å². The number of ether oxygens (including phenoxy) is 1. The Labute approximate surface area is 113 Å². The van der Waals surface area contributed by atoms with Gasteiger partial charge in [0, 0.05) is 25.2 Å². The second kappa shape index (κ2) is 6.13. The van der Waals surface area contributed by atoms with Crippen molar-refractivity contribution in [3.63, 3.8) is 0 Å². The lowest BCUT2D eigenvalue weighted by molar-refractivity contribution is 0.414. The summed E-state index contributed by atoms with van der Waals surface area (Å²) in [4.78, 5) is 13.3. The molecule has 2 rings (SSSR count). The standard InChI is InChI=1S/C14H18N4O/c1-4-12-17-10(9-13(18-12)15-5-2)14-11(19-3)7-6-8-16-14/h6-9H,4-5H2,1-3H3,(H,15,17,18). The maximum atomic E-state index is 5.33. The lowest BCUT2D eigenvalue weighted by Gasteiger charge is -2.10. The fraction of sp³-hybridized carbons (Fsp3) is 0.357. The summed E-state index contributed by atoms with van der Waals surface area (Å²) >= 11 is 0. The molecule has 2 aromatic rings. The van der Waals surface area contributed by atoms with Gasteiger partial charge in [0.2, 0.25) is 0 Å². The van der Waals surface area contributed by atoms with Gasteiger partial charge in [-0.05, 0) is 19.1 Å². The van der Waals surface area contributed by atoms with Crippen molar-refractivity contribution in [2.24, 2.45) is 0 Å². The van der Waals surface area contributed by atoms with Crippen molar-refractivity contribution in [2.45, 2.75) is 20.3 Å². The molecule has 0 atom stereocenters. The first-order chi connectivity index (χ1) is 9.28. The number of aromatic nitrogens is 3. The van der Waals surface area contributed by atoms with Crippen LogP contribution >= 0.6 is 0 Å². The molecule has 0 fully saturated rings. The van der Waals surface area contributed by atoms with Crippen LogP contribution in [-0.2, 0) is 6.42 Å². The van der Waals surface area contributed by atoms with Crippen LogP contribution < -0.4 is 10.1 Å². The largest absolute Gasteiger partial charge is 0.494 e. The Balaban J connectivity index is 2.51. The molecule has 0 aliphatic rings. The molecule has 0 aromatic carbocycles. The lowest BCUT2D eigenvalue weighted by atomic mass is 10.2. The van der Waals surface area contributed by atoms with E-state index in [4.69, 9.17) is 4.74 Å². The number of anilines is 1. The second-order valence-corrected chi connectivity index (χ2v) is 3.99. The van der Waals surface area contributed by atoms with Crippen LogP contribution in [0.1, 0.15) is 19.7 Å². The van der Waals surface area contributed by atoms with Gasteiger partial charge in [-0.25, -0.2) is 9.97 Å². The lowest BCUT2D eigenvalue weighted by Crippen LogP contribution is -2.05. The van der Waals surface area contributed by atoms with Crippen LogP contribution in [0.25, 0.3) is 11.4 Å². The van der Waals surface area contributed by atoms with Crippen LogP contribution in [0.3, 0.4) is 0 Å². The topological polar surface area (TPSA) is 59.9 Å². The van der Waals surface area contributed by atoms with E-state index in [2.05, 4.69) is 20.3 Å². The Bertz CT molecular complexity index is 557. The maximum Gasteiger partial charge on any atom is 0.146 e. The first-order valence-electron chi connectivity index (χ1n) is 6.39. The molecular weight excluding hydrogens is 240 g/mol. The normalized spacial score (nSPS) is 10.3. The minimum Gasteiger partial charge on any atom is -0.494 e. The average Bonchev–Trinajstić information content (AvgIpc) is 2.47. The fourth-order valence-corrected chi connectivity index (χ4v) is 1.80. The summed E-state index contributed by atoms with van der Waals surface area (Å²) in [5.74, 6) is 2.32. The molecule has 0 radical (unpaired) electrons. The second-order valence-electron chi connectivity index (χ2n) is 3.99. The number of methoxy groups -OCH3 is 1. The molecule has 1 N–H and O–H groups in total. The van der Waals surface area contributed by atoms with Gasteiger partial charge < -0.3 is 10.1 Å². The summed E-state index contributed by atoms with van der Waals surface area (Å²) in [6.07, 6.45) is 2.51. The molecule has 5 nitrogen and oxygen atoms in total. The van der Waals surface area contributed by atoms with E-state index >= 15 is 0 Å². The first kappa shape index (κ1) is 13.3. The molecule has 0 saturated heterocycles. The Hall–Kier alpha value is -2.17. The van der Waals surface area contributed by atoms with Gasteiger partial charge in [-0.1, -0.05) is 6.92 Å². The quantitative estimate of drug-likeness (QED) is 0.893. The molecule has 0 unspecified atom stereocenters. The van der Waals surface area contributed by atoms with E-state index in [0.29, 0.717) is 5.75 Å². The third kappa shape index (κ3) is 2.99. The predicted octanol–water partition coefficient (Wildman–Crippen LogP) is 2.54. The van der Waals surface area contributed by atoms with Crippen LogP contribution in [0.5, 0.6) is 5.75 Å². The highest BCUT2D eigenvalue weighted by atomic mass is 16.5. The van der Waals surface area contributed by atoms with E-state index in [1.165, 1.54) is 0 Å². The van der Waals surface area contributed by atoms with Crippen LogP contribution in [0.2, 0.25) is 0 Å². The Morgan fingerprint density at radius 1 is 1.26 bits per heavy atom. The Morgan fingerprint density at radius 2 is 2.11 bits per heavy atom. The summed E-state index contributed by atoms with van der Waals surface area (Å²) in [6, 6.07) is 5.62. The monoisotopic (exact) mass is 258 g/mol. The van der Waals surface area contributed by atoms with Crippen LogP contribution in [0.4, 0.5) is 5.82 Å². The molecule has 0 bridgehead atoms. The number of aryl methyl sites for hydroxylation is 1. The van der Waals surface area contributed by atoms with Gasteiger partial charge in [-0.15, -0.1) is 0 Å². The summed E-state index contributed by atoms with van der Waals surface area (Å²) in [6.45, 7) is 4.89. The Morgan fingerprint density at radius 3 is 2.79 bits per heavy atom. The van der Waals surface area contributed by atoms with Crippen molar-refractivity contribution in [3.05, 3.63) is 30.2 Å². The van der Waals surface area contributed by atoms with Crippen molar-refractivity contribution in [1.82, 2.24) is 15.0 Å². The Kier molecular flexibility index (Phi) is 4.28. The number of nitrogens with one attached hydrogen (secondary N) is 1. The van der Waals surface area contributed by atoms with Gasteiger partial charge in [-0.2, -0.15) is 0 Å². The van der Waals surface area contributed by atoms with Gasteiger partial charge in [-0.3, -0.25) is 4.98 Å². The zero-order valence-corrected chi connectivity index (χ0v) is 11.5. The van der Waals surface area contributed by atoms with E-state index < -0.39 is 0 Å². The van der Waals surface area contributed by atoms with E-state index in [0.717, 1.165) is 36.0 Å². The number of hydrogen-bond donors (Lipinski definition) is 1. The number of nitrogens with zero attached hydrogens (tertiary/aromatic N) is 3. The zero-order chi connectivity index (χ0) is 13.7. The van der Waals surface area contributed by atoms with E-state index in [9.17, 15) is 0 Å². The molecule has 0 aliphatic carbocycles. The van der Waals surface area contributed by atoms with Crippen LogP contribution in [-0.4, -0.2) is 28.6 Å². The summed E-state index contributed by atoms with van der Waals surface area (Å²) in [5.41, 5.74) is 1.52. The minimum absolute atomic E-state index is 0.714. The average molecular weight is 258 g/mol. The van der Waals surface area contributed by atoms with Crippen LogP contribution in [0, 0.1) is 0 Å². The minimum atomic E-state index is 0.714. The SMILES string of the molecule is CCNc1cc(-c2ncccc2OC)nc(CC)n1. The molecule has 0 amide bonds. The summed E-state index contributed by atoms with van der Waals surface area (Å²) < 4.78 is 5.33. The molecule has 2 aromatic heterocycles. The van der Waals surface area contributed by atoms with Gasteiger partial charge in [0.1, 0.15) is 23.1 Å². The van der Waals surface area contributed by atoms with E-state index in [1.807, 2.05) is 32.0 Å². The van der Waals surface area contributed by atoms with Crippen molar-refractivity contribution >= 4 is 5.82 Å². The number of rotatable bonds is 5. The van der Waals surface area contributed by atoms with Crippen LogP contribution in [0.15, 0.2) is 24.4 Å². The third-order valence-corrected chi connectivity index (χ3v) is 2.68. The highest BCUT2D eigenvalue weighted by molar-refractivity contribution is 5.65. The molecule has 5 heteroatoms. The highest BCUT2D eigenvalue weighted by Gasteiger charge is 2.11. The molecule has 0 spiro atoms. The van der Waals surface area contributed by atoms with Crippen molar-refractivity contribution in [3.8, 4) is 17.1 Å². The molecule has 100 valence electrons. The third-order valence-electron chi connectivity index (χ3n) is 2.68. The molecule has 0 saturated carbocycles. The van der Waals surface area contributed by atoms with E-state index in [1.54, 1.807) is 13.3 Å². The smallest absolute Gasteiger partial charge is 0.146 e. The predicted molar refractivity (Wildman–Crippen MR) is 75.4 cm³/mol. The van der Waals surface area contributed by atoms with Gasteiger partial charge in [0.05, 0.1) is 12.8 Å². The van der Waals surface area contributed by atoms with Gasteiger partial charge in [0.25, 0.3) is 0 Å². The molecule has 19 heavy (non-hydrogen) atoms. The van der Waals surface area contributed by atoms with E-state index in [-0.39, 0.29) is 0 Å². The maximum absolute atomic E-state index is 5.33. The molecule has 2 heterocycles. The van der Waals surface area contributed by atoms with Gasteiger partial charge in [0.15, 0.2) is 0 Å². The fourth-order valence-electron chi connectivity index (χ4n) is 1.80. The molecular formula is C14H18N4O. The van der Waals surface area contributed by atoms with Crippen molar-refractivity contribution in [1.29, 1.82) is 0 Å². The zero-order valence-electron chi connectivity index (χ0n) is 11.5. The van der Waals surface area contributed by atoms with Crippen molar-refractivity contribution in [2.75, 3.05) is 19.0 Å². The first-order valence-corrected chi connectivity index (χ1v) is 6.39. The number of hydrogen-bond acceptors (Lipinski definition) is 5. The highest BCUT2D eigenvalue weighted by Crippen LogP contribution is 2.27. The summed E-state index contributed by atoms with van der Waals surface area (Å²) in [5, 5.41) is 3.21. The summed E-state index contributed by atoms with van der Waals surface area (Å²) in [7, 11) is 1.63. The number of pyridine rings is 1. The van der Waals surface area contributed by atoms with Crippen molar-refractivity contribution < 1.29 is 4.74 Å². The molecule has 0 aliphatic heterocycles.